The topological polar surface area (TPSA) is 64.1 Å². The van der Waals surface area contributed by atoms with Crippen molar-refractivity contribution in [3.05, 3.63) is 62.4 Å². The lowest BCUT2D eigenvalue weighted by Crippen LogP contribution is -2.37. The van der Waals surface area contributed by atoms with Crippen LogP contribution in [-0.2, 0) is 17.5 Å². The summed E-state index contributed by atoms with van der Waals surface area (Å²) in [4.78, 5) is 25.8. The SMILES string of the molecule is O=c1[nH]c(=O)n(C2CSc3ccccc3CO2)cc1C(F)(F)F. The number of fused-ring (bicyclic) bond motifs is 1. The molecule has 9 heteroatoms. The van der Waals surface area contributed by atoms with Gasteiger partial charge in [0.15, 0.2) is 0 Å². The van der Waals surface area contributed by atoms with Crippen LogP contribution in [0.1, 0.15) is 17.4 Å². The van der Waals surface area contributed by atoms with E-state index in [1.165, 1.54) is 11.8 Å². The number of nitrogens with zero attached hydrogens (tertiary/aromatic N) is 1. The van der Waals surface area contributed by atoms with Crippen LogP contribution >= 0.6 is 11.8 Å². The van der Waals surface area contributed by atoms with Crippen molar-refractivity contribution in [3.63, 3.8) is 0 Å². The number of hydrogen-bond donors (Lipinski definition) is 1. The molecule has 0 amide bonds. The quantitative estimate of drug-likeness (QED) is 0.863. The third-order valence-corrected chi connectivity index (χ3v) is 4.53. The number of rotatable bonds is 1. The van der Waals surface area contributed by atoms with Crippen molar-refractivity contribution in [2.45, 2.75) is 23.9 Å². The van der Waals surface area contributed by atoms with Crippen molar-refractivity contribution in [2.75, 3.05) is 5.75 Å². The molecule has 0 saturated heterocycles. The van der Waals surface area contributed by atoms with Gasteiger partial charge in [0.05, 0.1) is 6.61 Å². The van der Waals surface area contributed by atoms with Crippen LogP contribution in [0.2, 0.25) is 0 Å². The van der Waals surface area contributed by atoms with Crippen molar-refractivity contribution in [3.8, 4) is 0 Å². The van der Waals surface area contributed by atoms with E-state index in [0.717, 1.165) is 15.0 Å². The first-order valence-corrected chi connectivity index (χ1v) is 7.60. The van der Waals surface area contributed by atoms with Crippen LogP contribution in [0.15, 0.2) is 44.9 Å². The predicted octanol–water partition coefficient (Wildman–Crippen LogP) is 2.38. The molecule has 0 saturated carbocycles. The second-order valence-corrected chi connectivity index (χ2v) is 5.95. The summed E-state index contributed by atoms with van der Waals surface area (Å²) in [7, 11) is 0. The Morgan fingerprint density at radius 3 is 2.74 bits per heavy atom. The first kappa shape index (κ1) is 15.9. The molecule has 0 fully saturated rings. The van der Waals surface area contributed by atoms with E-state index in [9.17, 15) is 22.8 Å². The molecule has 1 unspecified atom stereocenters. The van der Waals surface area contributed by atoms with Gasteiger partial charge in [-0.1, -0.05) is 18.2 Å². The standard InChI is InChI=1S/C14H11F3N2O3S/c15-14(16,17)9-5-19(13(21)18-12(9)20)11-7-23-10-4-2-1-3-8(10)6-22-11/h1-5,11H,6-7H2,(H,18,20,21). The Labute approximate surface area is 132 Å². The van der Waals surface area contributed by atoms with Gasteiger partial charge in [-0.2, -0.15) is 13.2 Å². The van der Waals surface area contributed by atoms with Gasteiger partial charge in [0, 0.05) is 16.8 Å². The van der Waals surface area contributed by atoms with Gasteiger partial charge in [0.25, 0.3) is 5.56 Å². The zero-order chi connectivity index (χ0) is 16.6. The Balaban J connectivity index is 1.97. The van der Waals surface area contributed by atoms with E-state index in [0.29, 0.717) is 6.20 Å². The van der Waals surface area contributed by atoms with Crippen LogP contribution in [0.5, 0.6) is 0 Å². The Bertz CT molecular complexity index is 817. The second kappa shape index (κ2) is 5.89. The van der Waals surface area contributed by atoms with Gasteiger partial charge < -0.3 is 4.74 Å². The largest absolute Gasteiger partial charge is 0.423 e. The fraction of sp³-hybridized carbons (Fsp3) is 0.286. The zero-order valence-corrected chi connectivity index (χ0v) is 12.4. The molecule has 0 radical (unpaired) electrons. The third-order valence-electron chi connectivity index (χ3n) is 3.37. The van der Waals surface area contributed by atoms with Crippen LogP contribution in [0.4, 0.5) is 13.2 Å². The molecular formula is C14H11F3N2O3S. The summed E-state index contributed by atoms with van der Waals surface area (Å²) in [5.74, 6) is 0.250. The maximum atomic E-state index is 12.8. The van der Waals surface area contributed by atoms with E-state index in [4.69, 9.17) is 4.74 Å². The fourth-order valence-corrected chi connectivity index (χ4v) is 3.29. The molecule has 2 heterocycles. The fourth-order valence-electron chi connectivity index (χ4n) is 2.22. The summed E-state index contributed by atoms with van der Waals surface area (Å²) in [5.41, 5.74) is -2.91. The number of thioether (sulfide) groups is 1. The Hall–Kier alpha value is -2.00. The molecule has 1 aromatic heterocycles. The molecule has 0 aliphatic carbocycles. The third kappa shape index (κ3) is 3.20. The molecule has 3 rings (SSSR count). The van der Waals surface area contributed by atoms with Crippen LogP contribution in [0.25, 0.3) is 0 Å². The number of benzene rings is 1. The summed E-state index contributed by atoms with van der Waals surface area (Å²) in [6.07, 6.45) is -5.23. The lowest BCUT2D eigenvalue weighted by Gasteiger charge is -2.18. The van der Waals surface area contributed by atoms with Gasteiger partial charge in [0.2, 0.25) is 0 Å². The number of ether oxygens (including phenoxy) is 1. The molecule has 2 aromatic rings. The smallest absolute Gasteiger partial charge is 0.352 e. The Morgan fingerprint density at radius 2 is 2.00 bits per heavy atom. The highest BCUT2D eigenvalue weighted by molar-refractivity contribution is 7.99. The van der Waals surface area contributed by atoms with Gasteiger partial charge in [-0.25, -0.2) is 4.79 Å². The lowest BCUT2D eigenvalue weighted by atomic mass is 10.2. The molecule has 0 bridgehead atoms. The van der Waals surface area contributed by atoms with Crippen molar-refractivity contribution < 1.29 is 17.9 Å². The van der Waals surface area contributed by atoms with E-state index >= 15 is 0 Å². The lowest BCUT2D eigenvalue weighted by molar-refractivity contribution is -0.139. The van der Waals surface area contributed by atoms with Crippen molar-refractivity contribution in [1.82, 2.24) is 9.55 Å². The monoisotopic (exact) mass is 344 g/mol. The van der Waals surface area contributed by atoms with Gasteiger partial charge in [-0.3, -0.25) is 14.3 Å². The van der Waals surface area contributed by atoms with Crippen molar-refractivity contribution in [1.29, 1.82) is 0 Å². The second-order valence-electron chi connectivity index (χ2n) is 4.89. The highest BCUT2D eigenvalue weighted by Gasteiger charge is 2.35. The summed E-state index contributed by atoms with van der Waals surface area (Å²) in [6, 6.07) is 7.40. The van der Waals surface area contributed by atoms with E-state index in [2.05, 4.69) is 0 Å². The molecule has 1 aromatic carbocycles. The van der Waals surface area contributed by atoms with Crippen LogP contribution < -0.4 is 11.2 Å². The minimum Gasteiger partial charge on any atom is -0.352 e. The van der Waals surface area contributed by atoms with E-state index < -0.39 is 29.2 Å². The minimum atomic E-state index is -4.84. The average molecular weight is 344 g/mol. The molecule has 0 spiro atoms. The summed E-state index contributed by atoms with van der Waals surface area (Å²) in [6.45, 7) is 0.167. The number of halogens is 3. The number of hydrogen-bond acceptors (Lipinski definition) is 4. The van der Waals surface area contributed by atoms with Crippen LogP contribution in [0.3, 0.4) is 0 Å². The highest BCUT2D eigenvalue weighted by atomic mass is 32.2. The average Bonchev–Trinajstić information content (AvgIpc) is 2.69. The van der Waals surface area contributed by atoms with E-state index in [1.54, 1.807) is 4.98 Å². The molecule has 1 atom stereocenters. The molecule has 5 nitrogen and oxygen atoms in total. The normalized spacial score (nSPS) is 18.3. The van der Waals surface area contributed by atoms with Crippen LogP contribution in [-0.4, -0.2) is 15.3 Å². The van der Waals surface area contributed by atoms with Gasteiger partial charge in [0.1, 0.15) is 11.8 Å². The number of nitrogens with one attached hydrogen (secondary N) is 1. The van der Waals surface area contributed by atoms with E-state index in [1.807, 2.05) is 24.3 Å². The molecule has 23 heavy (non-hydrogen) atoms. The number of alkyl halides is 3. The van der Waals surface area contributed by atoms with Gasteiger partial charge in [-0.15, -0.1) is 11.8 Å². The Morgan fingerprint density at radius 1 is 1.26 bits per heavy atom. The number of H-pyrrole nitrogens is 1. The maximum Gasteiger partial charge on any atom is 0.423 e. The predicted molar refractivity (Wildman–Crippen MR) is 77.3 cm³/mol. The molecule has 1 aliphatic rings. The van der Waals surface area contributed by atoms with Crippen molar-refractivity contribution >= 4 is 11.8 Å². The molecule has 1 N–H and O–H groups in total. The zero-order valence-electron chi connectivity index (χ0n) is 11.6. The first-order valence-electron chi connectivity index (χ1n) is 6.61. The number of aromatic amines is 1. The maximum absolute atomic E-state index is 12.8. The van der Waals surface area contributed by atoms with E-state index in [-0.39, 0.29) is 12.4 Å². The van der Waals surface area contributed by atoms with Crippen molar-refractivity contribution in [2.24, 2.45) is 0 Å². The molecule has 1 aliphatic heterocycles. The molecule has 122 valence electrons. The van der Waals surface area contributed by atoms with Gasteiger partial charge >= 0.3 is 11.9 Å². The summed E-state index contributed by atoms with van der Waals surface area (Å²) in [5, 5.41) is 0. The van der Waals surface area contributed by atoms with Crippen LogP contribution in [0, 0.1) is 0 Å². The summed E-state index contributed by atoms with van der Waals surface area (Å²) < 4.78 is 44.9. The Kier molecular flexibility index (Phi) is 4.07. The highest BCUT2D eigenvalue weighted by Crippen LogP contribution is 2.32. The summed E-state index contributed by atoms with van der Waals surface area (Å²) >= 11 is 1.38. The van der Waals surface area contributed by atoms with Gasteiger partial charge in [-0.05, 0) is 11.6 Å². The number of aromatic nitrogens is 2. The molecular weight excluding hydrogens is 333 g/mol. The minimum absolute atomic E-state index is 0.167. The first-order chi connectivity index (χ1) is 10.9.